The van der Waals surface area contributed by atoms with E-state index < -0.39 is 11.9 Å². The molecule has 110 valence electrons. The normalized spacial score (nSPS) is 9.48. The van der Waals surface area contributed by atoms with Crippen molar-refractivity contribution < 1.29 is 19.8 Å². The Hall–Kier alpha value is -2.14. The molecule has 0 heterocycles. The molecule has 0 fully saturated rings. The lowest BCUT2D eigenvalue weighted by Crippen LogP contribution is -1.98. The van der Waals surface area contributed by atoms with Crippen molar-refractivity contribution in [3.8, 4) is 0 Å². The molecule has 0 saturated carbocycles. The molecule has 21 heavy (non-hydrogen) atoms. The molecule has 0 aliphatic rings. The highest BCUT2D eigenvalue weighted by Gasteiger charge is 2.05. The fourth-order valence-electron chi connectivity index (χ4n) is 1.64. The second-order valence-corrected chi connectivity index (χ2v) is 5.30. The van der Waals surface area contributed by atoms with Crippen LogP contribution < -0.4 is 0 Å². The number of carboxylic acids is 2. The van der Waals surface area contributed by atoms with Crippen molar-refractivity contribution in [3.63, 3.8) is 0 Å². The number of carboxylic acid groups (broad SMARTS) is 2. The number of aryl methyl sites for hydroxylation is 2. The molecule has 0 aromatic heterocycles. The van der Waals surface area contributed by atoms with Crippen molar-refractivity contribution in [1.29, 1.82) is 0 Å². The maximum absolute atomic E-state index is 10.6. The molecule has 0 bridgehead atoms. The number of rotatable bonds is 2. The lowest BCUT2D eigenvalue weighted by atomic mass is 10.1. The van der Waals surface area contributed by atoms with E-state index in [0.29, 0.717) is 11.1 Å². The van der Waals surface area contributed by atoms with Gasteiger partial charge in [-0.3, -0.25) is 0 Å². The van der Waals surface area contributed by atoms with Gasteiger partial charge in [0.15, 0.2) is 0 Å². The van der Waals surface area contributed by atoms with Crippen LogP contribution in [-0.2, 0) is 0 Å². The molecular formula is C16H15BrO4. The summed E-state index contributed by atoms with van der Waals surface area (Å²) in [5, 5.41) is 17.2. The molecule has 2 N–H and O–H groups in total. The first kappa shape index (κ1) is 16.9. The number of hydrogen-bond acceptors (Lipinski definition) is 2. The number of hydrogen-bond donors (Lipinski definition) is 2. The first-order chi connectivity index (χ1) is 9.82. The maximum atomic E-state index is 10.6. The Morgan fingerprint density at radius 1 is 0.857 bits per heavy atom. The minimum atomic E-state index is -0.885. The summed E-state index contributed by atoms with van der Waals surface area (Å²) >= 11 is 3.20. The van der Waals surface area contributed by atoms with Gasteiger partial charge in [0.1, 0.15) is 0 Å². The highest BCUT2D eigenvalue weighted by molar-refractivity contribution is 9.10. The van der Waals surface area contributed by atoms with Gasteiger partial charge in [-0.1, -0.05) is 40.2 Å². The van der Waals surface area contributed by atoms with Crippen molar-refractivity contribution in [1.82, 2.24) is 0 Å². The molecule has 2 aromatic rings. The van der Waals surface area contributed by atoms with Crippen molar-refractivity contribution in [2.75, 3.05) is 0 Å². The minimum absolute atomic E-state index is 0.347. The van der Waals surface area contributed by atoms with Crippen LogP contribution in [0.5, 0.6) is 0 Å². The highest BCUT2D eigenvalue weighted by Crippen LogP contribution is 2.15. The van der Waals surface area contributed by atoms with Crippen molar-refractivity contribution in [2.45, 2.75) is 13.8 Å². The smallest absolute Gasteiger partial charge is 0.335 e. The van der Waals surface area contributed by atoms with Crippen molar-refractivity contribution in [2.24, 2.45) is 0 Å². The molecule has 0 saturated heterocycles. The van der Waals surface area contributed by atoms with Gasteiger partial charge in [-0.25, -0.2) is 9.59 Å². The summed E-state index contributed by atoms with van der Waals surface area (Å²) in [5.41, 5.74) is 2.30. The summed E-state index contributed by atoms with van der Waals surface area (Å²) in [6.45, 7) is 3.55. The van der Waals surface area contributed by atoms with E-state index in [4.69, 9.17) is 10.2 Å². The standard InChI is InChI=1S/C8H7BrO2.C8H8O2/c1-5-2-3-6(9)4-7(5)8(10)11;1-6-4-2-3-5-7(6)8(9)10/h2-4H,1H3,(H,10,11);2-5H,1H3,(H,9,10). The van der Waals surface area contributed by atoms with Crippen molar-refractivity contribution >= 4 is 27.9 Å². The fraction of sp³-hybridized carbons (Fsp3) is 0.125. The molecule has 5 heteroatoms. The van der Waals surface area contributed by atoms with Gasteiger partial charge >= 0.3 is 11.9 Å². The van der Waals surface area contributed by atoms with E-state index in [1.165, 1.54) is 0 Å². The number of aromatic carboxylic acids is 2. The van der Waals surface area contributed by atoms with E-state index in [0.717, 1.165) is 15.6 Å². The summed E-state index contributed by atoms with van der Waals surface area (Å²) in [5.74, 6) is -1.75. The van der Waals surface area contributed by atoms with E-state index in [1.54, 1.807) is 44.2 Å². The van der Waals surface area contributed by atoms with Crippen LogP contribution in [0.3, 0.4) is 0 Å². The fourth-order valence-corrected chi connectivity index (χ4v) is 2.00. The van der Waals surface area contributed by atoms with E-state index in [9.17, 15) is 9.59 Å². The Morgan fingerprint density at radius 3 is 1.81 bits per heavy atom. The van der Waals surface area contributed by atoms with E-state index in [2.05, 4.69) is 15.9 Å². The van der Waals surface area contributed by atoms with Gasteiger partial charge in [0.2, 0.25) is 0 Å². The molecule has 2 rings (SSSR count). The van der Waals surface area contributed by atoms with Gasteiger partial charge in [0.25, 0.3) is 0 Å². The molecule has 0 amide bonds. The Kier molecular flexibility index (Phi) is 6.11. The van der Waals surface area contributed by atoms with Gasteiger partial charge in [-0.05, 0) is 43.2 Å². The molecule has 0 atom stereocenters. The monoisotopic (exact) mass is 350 g/mol. The van der Waals surface area contributed by atoms with Gasteiger partial charge in [0, 0.05) is 4.47 Å². The summed E-state index contributed by atoms with van der Waals surface area (Å²) in [7, 11) is 0. The molecule has 0 spiro atoms. The number of carbonyl (C=O) groups is 2. The molecule has 0 radical (unpaired) electrons. The predicted molar refractivity (Wildman–Crippen MR) is 84.0 cm³/mol. The summed E-state index contributed by atoms with van der Waals surface area (Å²) in [6.07, 6.45) is 0. The van der Waals surface area contributed by atoms with Crippen LogP contribution in [0.25, 0.3) is 0 Å². The third kappa shape index (κ3) is 5.04. The van der Waals surface area contributed by atoms with E-state index in [1.807, 2.05) is 12.1 Å². The maximum Gasteiger partial charge on any atom is 0.335 e. The topological polar surface area (TPSA) is 74.6 Å². The van der Waals surface area contributed by atoms with E-state index >= 15 is 0 Å². The van der Waals surface area contributed by atoms with Gasteiger partial charge in [-0.2, -0.15) is 0 Å². The van der Waals surface area contributed by atoms with Crippen LogP contribution in [0.2, 0.25) is 0 Å². The minimum Gasteiger partial charge on any atom is -0.478 e. The highest BCUT2D eigenvalue weighted by atomic mass is 79.9. The largest absolute Gasteiger partial charge is 0.478 e. The quantitative estimate of drug-likeness (QED) is 0.852. The predicted octanol–water partition coefficient (Wildman–Crippen LogP) is 4.15. The Morgan fingerprint density at radius 2 is 1.38 bits per heavy atom. The van der Waals surface area contributed by atoms with Crippen LogP contribution in [0.4, 0.5) is 0 Å². The second-order valence-electron chi connectivity index (χ2n) is 4.38. The average molecular weight is 351 g/mol. The lowest BCUT2D eigenvalue weighted by Gasteiger charge is -1.99. The Bertz CT molecular complexity index is 665. The first-order valence-electron chi connectivity index (χ1n) is 6.11. The van der Waals surface area contributed by atoms with Gasteiger partial charge in [-0.15, -0.1) is 0 Å². The molecule has 0 aliphatic carbocycles. The third-order valence-electron chi connectivity index (χ3n) is 2.81. The second kappa shape index (κ2) is 7.59. The molecule has 0 unspecified atom stereocenters. The number of benzene rings is 2. The van der Waals surface area contributed by atoms with Crippen LogP contribution in [0.1, 0.15) is 31.8 Å². The summed E-state index contributed by atoms with van der Waals surface area (Å²) < 4.78 is 0.792. The van der Waals surface area contributed by atoms with Crippen LogP contribution in [-0.4, -0.2) is 22.2 Å². The molecule has 0 aliphatic heterocycles. The number of halogens is 1. The molecular weight excluding hydrogens is 336 g/mol. The Balaban J connectivity index is 0.000000211. The van der Waals surface area contributed by atoms with Crippen LogP contribution in [0, 0.1) is 13.8 Å². The Labute approximate surface area is 131 Å². The average Bonchev–Trinajstić information content (AvgIpc) is 2.42. The zero-order valence-corrected chi connectivity index (χ0v) is 13.2. The molecule has 4 nitrogen and oxygen atoms in total. The zero-order valence-electron chi connectivity index (χ0n) is 11.6. The van der Waals surface area contributed by atoms with Crippen LogP contribution in [0.15, 0.2) is 46.9 Å². The first-order valence-corrected chi connectivity index (χ1v) is 6.90. The SMILES string of the molecule is Cc1ccc(Br)cc1C(=O)O.Cc1ccccc1C(=O)O. The molecule has 2 aromatic carbocycles. The van der Waals surface area contributed by atoms with Gasteiger partial charge < -0.3 is 10.2 Å². The lowest BCUT2D eigenvalue weighted by molar-refractivity contribution is 0.0685. The zero-order chi connectivity index (χ0) is 16.0. The van der Waals surface area contributed by atoms with E-state index in [-0.39, 0.29) is 0 Å². The van der Waals surface area contributed by atoms with Crippen molar-refractivity contribution in [3.05, 3.63) is 69.2 Å². The summed E-state index contributed by atoms with van der Waals surface area (Å²) in [6, 6.07) is 12.1. The summed E-state index contributed by atoms with van der Waals surface area (Å²) in [4.78, 5) is 21.0. The van der Waals surface area contributed by atoms with Gasteiger partial charge in [0.05, 0.1) is 11.1 Å². The van der Waals surface area contributed by atoms with Crippen LogP contribution >= 0.6 is 15.9 Å². The third-order valence-corrected chi connectivity index (χ3v) is 3.30.